The summed E-state index contributed by atoms with van der Waals surface area (Å²) in [6.45, 7) is 1.10. The second kappa shape index (κ2) is 9.07. The van der Waals surface area contributed by atoms with Crippen molar-refractivity contribution in [2.75, 3.05) is 25.1 Å². The average molecular weight is 456 g/mol. The third kappa shape index (κ3) is 3.98. The van der Waals surface area contributed by atoms with Gasteiger partial charge in [-0.05, 0) is 49.9 Å². The number of hydrogen-bond donors (Lipinski definition) is 3. The summed E-state index contributed by atoms with van der Waals surface area (Å²) in [5, 5.41) is 27.7. The number of carbonyl (C=O) groups is 2. The number of nitrogens with one attached hydrogen (secondary N) is 1. The molecule has 33 heavy (non-hydrogen) atoms. The number of piperidine rings is 1. The van der Waals surface area contributed by atoms with Crippen molar-refractivity contribution in [2.45, 2.75) is 31.3 Å². The molecule has 2 aromatic rings. The number of anilines is 2. The molecule has 2 aliphatic heterocycles. The first kappa shape index (κ1) is 22.5. The molecule has 0 aliphatic carbocycles. The minimum absolute atomic E-state index is 0.0401. The van der Waals surface area contributed by atoms with Crippen LogP contribution >= 0.6 is 0 Å². The zero-order valence-electron chi connectivity index (χ0n) is 17.9. The van der Waals surface area contributed by atoms with Gasteiger partial charge in [-0.1, -0.05) is 0 Å². The number of rotatable bonds is 5. The van der Waals surface area contributed by atoms with Crippen molar-refractivity contribution in [1.29, 1.82) is 5.26 Å². The topological polar surface area (TPSA) is 146 Å². The van der Waals surface area contributed by atoms with E-state index in [0.29, 0.717) is 44.6 Å². The lowest BCUT2D eigenvalue weighted by atomic mass is 9.72. The van der Waals surface area contributed by atoms with Crippen molar-refractivity contribution in [2.24, 2.45) is 17.6 Å². The smallest absolute Gasteiger partial charge is 0.409 e. The van der Waals surface area contributed by atoms with Crippen LogP contribution in [0.4, 0.5) is 20.7 Å². The van der Waals surface area contributed by atoms with E-state index in [9.17, 15) is 24.3 Å². The highest BCUT2D eigenvalue weighted by Crippen LogP contribution is 2.47. The van der Waals surface area contributed by atoms with Gasteiger partial charge in [-0.25, -0.2) is 13.9 Å². The van der Waals surface area contributed by atoms with Gasteiger partial charge in [-0.2, -0.15) is 10.4 Å². The Morgan fingerprint density at radius 2 is 1.97 bits per heavy atom. The Balaban J connectivity index is 1.88. The molecule has 4 rings (SSSR count). The number of benzene rings is 1. The summed E-state index contributed by atoms with van der Waals surface area (Å²) in [6, 6.07) is 7.78. The monoisotopic (exact) mass is 456 g/mol. The second-order valence-corrected chi connectivity index (χ2v) is 8.26. The van der Waals surface area contributed by atoms with E-state index < -0.39 is 29.4 Å². The number of carbonyl (C=O) groups excluding carboxylic acids is 1. The van der Waals surface area contributed by atoms with Crippen molar-refractivity contribution >= 4 is 23.5 Å². The number of carboxylic acid groups (broad SMARTS) is 1. The second-order valence-electron chi connectivity index (χ2n) is 8.26. The van der Waals surface area contributed by atoms with Gasteiger partial charge in [0.05, 0.1) is 12.0 Å². The van der Waals surface area contributed by atoms with Crippen LogP contribution in [0.15, 0.2) is 30.5 Å². The maximum absolute atomic E-state index is 13.3. The Morgan fingerprint density at radius 1 is 1.27 bits per heavy atom. The van der Waals surface area contributed by atoms with E-state index in [0.717, 1.165) is 0 Å². The SMILES string of the molecule is N#CC1CCCN(C(=O)O)C1(C1CCOCC1)n1cc(C(N)=O)c(Nc2ccc(F)cc2)n1. The van der Waals surface area contributed by atoms with Gasteiger partial charge in [0.1, 0.15) is 11.4 Å². The van der Waals surface area contributed by atoms with Gasteiger partial charge in [0.2, 0.25) is 0 Å². The molecule has 0 spiro atoms. The van der Waals surface area contributed by atoms with E-state index >= 15 is 0 Å². The number of aromatic nitrogens is 2. The summed E-state index contributed by atoms with van der Waals surface area (Å²) in [7, 11) is 0. The molecule has 4 N–H and O–H groups in total. The molecule has 0 saturated carbocycles. The van der Waals surface area contributed by atoms with Crippen molar-refractivity contribution in [3.8, 4) is 6.07 Å². The number of nitrogens with two attached hydrogens (primary N) is 1. The molecule has 2 unspecified atom stereocenters. The molecular weight excluding hydrogens is 431 g/mol. The molecule has 2 aliphatic rings. The molecule has 2 amide bonds. The van der Waals surface area contributed by atoms with Crippen LogP contribution < -0.4 is 11.1 Å². The van der Waals surface area contributed by atoms with E-state index in [2.05, 4.69) is 16.5 Å². The van der Waals surface area contributed by atoms with Gasteiger partial charge in [-0.3, -0.25) is 9.69 Å². The van der Waals surface area contributed by atoms with E-state index in [1.807, 2.05) is 0 Å². The van der Waals surface area contributed by atoms with Crippen LogP contribution in [0.3, 0.4) is 0 Å². The van der Waals surface area contributed by atoms with Gasteiger partial charge >= 0.3 is 6.09 Å². The number of nitriles is 1. The molecule has 0 bridgehead atoms. The predicted octanol–water partition coefficient (Wildman–Crippen LogP) is 2.86. The van der Waals surface area contributed by atoms with Crippen LogP contribution in [0.2, 0.25) is 0 Å². The van der Waals surface area contributed by atoms with Crippen LogP contribution in [0.5, 0.6) is 0 Å². The fourth-order valence-electron chi connectivity index (χ4n) is 5.04. The van der Waals surface area contributed by atoms with Gasteiger partial charge in [-0.15, -0.1) is 0 Å². The summed E-state index contributed by atoms with van der Waals surface area (Å²) >= 11 is 0. The molecule has 1 aromatic carbocycles. The van der Waals surface area contributed by atoms with Gasteiger partial charge in [0, 0.05) is 37.6 Å². The third-order valence-electron chi connectivity index (χ3n) is 6.48. The lowest BCUT2D eigenvalue weighted by molar-refractivity contribution is -0.113. The fourth-order valence-corrected chi connectivity index (χ4v) is 5.04. The largest absolute Gasteiger partial charge is 0.465 e. The maximum Gasteiger partial charge on any atom is 0.409 e. The number of primary amides is 1. The highest BCUT2D eigenvalue weighted by molar-refractivity contribution is 5.98. The average Bonchev–Trinajstić information content (AvgIpc) is 3.24. The minimum Gasteiger partial charge on any atom is -0.465 e. The molecule has 2 fully saturated rings. The molecule has 2 saturated heterocycles. The van der Waals surface area contributed by atoms with Crippen molar-refractivity contribution in [3.05, 3.63) is 41.8 Å². The number of nitrogens with zero attached hydrogens (tertiary/aromatic N) is 4. The zero-order valence-corrected chi connectivity index (χ0v) is 17.9. The van der Waals surface area contributed by atoms with Crippen LogP contribution in [-0.2, 0) is 10.4 Å². The Morgan fingerprint density at radius 3 is 2.58 bits per heavy atom. The quantitative estimate of drug-likeness (QED) is 0.627. The molecular formula is C22H25FN6O4. The first-order valence-corrected chi connectivity index (χ1v) is 10.8. The van der Waals surface area contributed by atoms with Gasteiger partial charge in [0.15, 0.2) is 11.5 Å². The van der Waals surface area contributed by atoms with E-state index in [1.54, 1.807) is 0 Å². The summed E-state index contributed by atoms with van der Waals surface area (Å²) < 4.78 is 20.2. The van der Waals surface area contributed by atoms with Crippen LogP contribution in [0, 0.1) is 29.0 Å². The summed E-state index contributed by atoms with van der Waals surface area (Å²) in [5.74, 6) is -2.03. The maximum atomic E-state index is 13.3. The first-order chi connectivity index (χ1) is 15.9. The Kier molecular flexibility index (Phi) is 6.20. The fraction of sp³-hybridized carbons (Fsp3) is 0.455. The molecule has 174 valence electrons. The summed E-state index contributed by atoms with van der Waals surface area (Å²) in [5.41, 5.74) is 4.80. The van der Waals surface area contributed by atoms with Crippen molar-refractivity contribution in [3.63, 3.8) is 0 Å². The van der Waals surface area contributed by atoms with Crippen LogP contribution in [-0.4, -0.2) is 51.5 Å². The number of halogens is 1. The Labute approximate surface area is 189 Å². The minimum atomic E-state index is -1.32. The zero-order chi connectivity index (χ0) is 23.6. The number of ether oxygens (including phenoxy) is 1. The van der Waals surface area contributed by atoms with E-state index in [4.69, 9.17) is 10.5 Å². The molecule has 0 radical (unpaired) electrons. The molecule has 10 nitrogen and oxygen atoms in total. The molecule has 3 heterocycles. The van der Waals surface area contributed by atoms with Gasteiger partial charge < -0.3 is 20.9 Å². The lowest BCUT2D eigenvalue weighted by Crippen LogP contribution is -2.64. The Bertz CT molecular complexity index is 1080. The van der Waals surface area contributed by atoms with Crippen molar-refractivity contribution in [1.82, 2.24) is 14.7 Å². The lowest BCUT2D eigenvalue weighted by Gasteiger charge is -2.53. The third-order valence-corrected chi connectivity index (χ3v) is 6.48. The molecule has 2 atom stereocenters. The van der Waals surface area contributed by atoms with Crippen molar-refractivity contribution < 1.29 is 23.8 Å². The van der Waals surface area contributed by atoms with E-state index in [-0.39, 0.29) is 23.8 Å². The van der Waals surface area contributed by atoms with Crippen LogP contribution in [0.25, 0.3) is 0 Å². The number of likely N-dealkylation sites (tertiary alicyclic amines) is 1. The molecule has 1 aromatic heterocycles. The Hall–Kier alpha value is -3.65. The highest BCUT2D eigenvalue weighted by Gasteiger charge is 2.56. The molecule has 11 heteroatoms. The van der Waals surface area contributed by atoms with Gasteiger partial charge in [0.25, 0.3) is 5.91 Å². The van der Waals surface area contributed by atoms with Crippen LogP contribution in [0.1, 0.15) is 36.0 Å². The summed E-state index contributed by atoms with van der Waals surface area (Å²) in [6.07, 6.45) is 2.35. The number of amides is 2. The standard InChI is InChI=1S/C22H25FN6O4/c23-16-3-5-17(6-4-16)26-20-18(19(25)30)13-29(27-20)22(14-7-10-33-11-8-14)15(12-24)2-1-9-28(22)21(31)32/h3-6,13-15H,1-2,7-11H2,(H2,25,30)(H,26,27)(H,31,32). The highest BCUT2D eigenvalue weighted by atomic mass is 19.1. The first-order valence-electron chi connectivity index (χ1n) is 10.8. The van der Waals surface area contributed by atoms with E-state index in [1.165, 1.54) is 40.0 Å². The summed E-state index contributed by atoms with van der Waals surface area (Å²) in [4.78, 5) is 25.9. The normalized spacial score (nSPS) is 23.6. The predicted molar refractivity (Wildman–Crippen MR) is 115 cm³/mol. The number of hydrogen-bond acceptors (Lipinski definition) is 6.